The number of hydrogen-bond acceptors (Lipinski definition) is 3. The zero-order chi connectivity index (χ0) is 13.1. The third kappa shape index (κ3) is 2.82. The minimum Gasteiger partial charge on any atom is -0.366 e. The maximum Gasteiger partial charge on any atom is 0.123 e. The van der Waals surface area contributed by atoms with Gasteiger partial charge < -0.3 is 15.5 Å². The molecule has 100 valence electrons. The molecular formula is C14H22FN3. The van der Waals surface area contributed by atoms with E-state index in [4.69, 9.17) is 5.73 Å². The molecule has 1 atom stereocenters. The lowest BCUT2D eigenvalue weighted by Gasteiger charge is -2.40. The van der Waals surface area contributed by atoms with Crippen molar-refractivity contribution >= 4 is 5.69 Å². The molecule has 2 rings (SSSR count). The second-order valence-electron chi connectivity index (χ2n) is 5.12. The van der Waals surface area contributed by atoms with Crippen molar-refractivity contribution in [3.8, 4) is 0 Å². The Hall–Kier alpha value is -1.13. The first kappa shape index (κ1) is 13.3. The van der Waals surface area contributed by atoms with E-state index in [1.807, 2.05) is 6.07 Å². The first-order chi connectivity index (χ1) is 8.61. The van der Waals surface area contributed by atoms with Gasteiger partial charge >= 0.3 is 0 Å². The third-order valence-electron chi connectivity index (χ3n) is 3.60. The average molecular weight is 251 g/mol. The number of nitrogens with zero attached hydrogens (tertiary/aromatic N) is 2. The highest BCUT2D eigenvalue weighted by atomic mass is 19.1. The molecule has 0 bridgehead atoms. The number of hydrogen-bond donors (Lipinski definition) is 1. The lowest BCUT2D eigenvalue weighted by Crippen LogP contribution is -2.50. The monoisotopic (exact) mass is 251 g/mol. The molecule has 1 aromatic carbocycles. The maximum atomic E-state index is 13.3. The fourth-order valence-corrected chi connectivity index (χ4v) is 2.69. The topological polar surface area (TPSA) is 32.5 Å². The maximum absolute atomic E-state index is 13.3. The lowest BCUT2D eigenvalue weighted by atomic mass is 10.1. The summed E-state index contributed by atoms with van der Waals surface area (Å²) >= 11 is 0. The minimum absolute atomic E-state index is 0.177. The Balaban J connectivity index is 2.26. The number of piperazine rings is 1. The van der Waals surface area contributed by atoms with Crippen molar-refractivity contribution in [2.45, 2.75) is 19.4 Å². The summed E-state index contributed by atoms with van der Waals surface area (Å²) in [5, 5.41) is 0. The smallest absolute Gasteiger partial charge is 0.123 e. The van der Waals surface area contributed by atoms with Crippen molar-refractivity contribution in [3.63, 3.8) is 0 Å². The van der Waals surface area contributed by atoms with Gasteiger partial charge in [-0.1, -0.05) is 0 Å². The van der Waals surface area contributed by atoms with Crippen LogP contribution in [0.3, 0.4) is 0 Å². The normalized spacial score (nSPS) is 21.3. The van der Waals surface area contributed by atoms with E-state index in [1.54, 1.807) is 12.1 Å². The summed E-state index contributed by atoms with van der Waals surface area (Å²) in [7, 11) is 2.14. The molecule has 0 spiro atoms. The SMILES string of the molecule is CC1CN(C)CCN1c1ccc(F)cc1CCN. The Kier molecular flexibility index (Phi) is 4.19. The van der Waals surface area contributed by atoms with Crippen LogP contribution in [0.15, 0.2) is 18.2 Å². The number of benzene rings is 1. The van der Waals surface area contributed by atoms with Crippen LogP contribution in [0.4, 0.5) is 10.1 Å². The van der Waals surface area contributed by atoms with Gasteiger partial charge in [-0.25, -0.2) is 4.39 Å². The van der Waals surface area contributed by atoms with E-state index in [-0.39, 0.29) is 5.82 Å². The van der Waals surface area contributed by atoms with Gasteiger partial charge in [0.1, 0.15) is 5.82 Å². The molecule has 3 nitrogen and oxygen atoms in total. The van der Waals surface area contributed by atoms with Gasteiger partial charge in [0.25, 0.3) is 0 Å². The van der Waals surface area contributed by atoms with E-state index in [1.165, 1.54) is 0 Å². The molecule has 0 aromatic heterocycles. The predicted molar refractivity (Wildman–Crippen MR) is 73.5 cm³/mol. The molecule has 1 saturated heterocycles. The summed E-state index contributed by atoms with van der Waals surface area (Å²) in [5.74, 6) is -0.177. The fourth-order valence-electron chi connectivity index (χ4n) is 2.69. The molecule has 1 aliphatic rings. The van der Waals surface area contributed by atoms with Crippen LogP contribution in [0, 0.1) is 5.82 Å². The Morgan fingerprint density at radius 2 is 2.17 bits per heavy atom. The minimum atomic E-state index is -0.177. The van der Waals surface area contributed by atoms with Gasteiger partial charge in [-0.2, -0.15) is 0 Å². The van der Waals surface area contributed by atoms with Gasteiger partial charge in [0, 0.05) is 31.4 Å². The van der Waals surface area contributed by atoms with Gasteiger partial charge in [-0.05, 0) is 50.7 Å². The Labute approximate surface area is 108 Å². The quantitative estimate of drug-likeness (QED) is 0.883. The van der Waals surface area contributed by atoms with Crippen LogP contribution in [0.5, 0.6) is 0 Å². The zero-order valence-corrected chi connectivity index (χ0v) is 11.2. The number of anilines is 1. The molecule has 1 aliphatic heterocycles. The van der Waals surface area contributed by atoms with Gasteiger partial charge in [0.15, 0.2) is 0 Å². The summed E-state index contributed by atoms with van der Waals surface area (Å²) in [4.78, 5) is 4.69. The van der Waals surface area contributed by atoms with Crippen LogP contribution in [0.1, 0.15) is 12.5 Å². The summed E-state index contributed by atoms with van der Waals surface area (Å²) in [6.45, 7) is 5.84. The van der Waals surface area contributed by atoms with Crippen molar-refractivity contribution in [1.82, 2.24) is 4.90 Å². The Morgan fingerprint density at radius 1 is 1.39 bits per heavy atom. The van der Waals surface area contributed by atoms with Gasteiger partial charge in [-0.3, -0.25) is 0 Å². The molecule has 1 aromatic rings. The van der Waals surface area contributed by atoms with Crippen molar-refractivity contribution in [2.24, 2.45) is 5.73 Å². The molecule has 2 N–H and O–H groups in total. The molecular weight excluding hydrogens is 229 g/mol. The number of likely N-dealkylation sites (N-methyl/N-ethyl adjacent to an activating group) is 1. The van der Waals surface area contributed by atoms with Crippen LogP contribution in [0.25, 0.3) is 0 Å². The molecule has 18 heavy (non-hydrogen) atoms. The summed E-state index contributed by atoms with van der Waals surface area (Å²) in [6.07, 6.45) is 0.728. The first-order valence-electron chi connectivity index (χ1n) is 6.55. The van der Waals surface area contributed by atoms with E-state index >= 15 is 0 Å². The van der Waals surface area contributed by atoms with Gasteiger partial charge in [0.2, 0.25) is 0 Å². The summed E-state index contributed by atoms with van der Waals surface area (Å²) < 4.78 is 13.3. The lowest BCUT2D eigenvalue weighted by molar-refractivity contribution is 0.275. The number of nitrogens with two attached hydrogens (primary N) is 1. The van der Waals surface area contributed by atoms with Gasteiger partial charge in [0.05, 0.1) is 0 Å². The molecule has 1 fully saturated rings. The largest absolute Gasteiger partial charge is 0.366 e. The van der Waals surface area contributed by atoms with Crippen LogP contribution in [-0.4, -0.2) is 44.2 Å². The van der Waals surface area contributed by atoms with Gasteiger partial charge in [-0.15, -0.1) is 0 Å². The number of rotatable bonds is 3. The standard InChI is InChI=1S/C14H22FN3/c1-11-10-17(2)7-8-18(11)14-4-3-13(15)9-12(14)5-6-16/h3-4,9,11H,5-8,10,16H2,1-2H3. The van der Waals surface area contributed by atoms with Crippen LogP contribution < -0.4 is 10.6 Å². The summed E-state index contributed by atoms with van der Waals surface area (Å²) in [6, 6.07) is 5.50. The molecule has 1 unspecified atom stereocenters. The molecule has 0 saturated carbocycles. The number of halogens is 1. The van der Waals surface area contributed by atoms with Crippen molar-refractivity contribution in [2.75, 3.05) is 38.1 Å². The van der Waals surface area contributed by atoms with E-state index in [9.17, 15) is 4.39 Å². The summed E-state index contributed by atoms with van der Waals surface area (Å²) in [5.41, 5.74) is 7.78. The highest BCUT2D eigenvalue weighted by Crippen LogP contribution is 2.25. The zero-order valence-electron chi connectivity index (χ0n) is 11.2. The second kappa shape index (κ2) is 5.67. The van der Waals surface area contributed by atoms with Crippen LogP contribution in [0.2, 0.25) is 0 Å². The Morgan fingerprint density at radius 3 is 2.83 bits per heavy atom. The first-order valence-corrected chi connectivity index (χ1v) is 6.55. The predicted octanol–water partition coefficient (Wildman–Crippen LogP) is 1.47. The third-order valence-corrected chi connectivity index (χ3v) is 3.60. The average Bonchev–Trinajstić information content (AvgIpc) is 2.31. The molecule has 1 heterocycles. The molecule has 4 heteroatoms. The molecule has 0 radical (unpaired) electrons. The van der Waals surface area contributed by atoms with Crippen molar-refractivity contribution < 1.29 is 4.39 Å². The molecule has 0 aliphatic carbocycles. The van der Waals surface area contributed by atoms with E-state index < -0.39 is 0 Å². The van der Waals surface area contributed by atoms with Crippen LogP contribution in [-0.2, 0) is 6.42 Å². The van der Waals surface area contributed by atoms with Crippen LogP contribution >= 0.6 is 0 Å². The van der Waals surface area contributed by atoms with E-state index in [0.717, 1.165) is 37.3 Å². The highest BCUT2D eigenvalue weighted by Gasteiger charge is 2.23. The second-order valence-corrected chi connectivity index (χ2v) is 5.12. The highest BCUT2D eigenvalue weighted by molar-refractivity contribution is 5.55. The Bertz CT molecular complexity index is 408. The van der Waals surface area contributed by atoms with Crippen molar-refractivity contribution in [1.29, 1.82) is 0 Å². The van der Waals surface area contributed by atoms with Crippen molar-refractivity contribution in [3.05, 3.63) is 29.6 Å². The fraction of sp³-hybridized carbons (Fsp3) is 0.571. The van der Waals surface area contributed by atoms with E-state index in [0.29, 0.717) is 12.6 Å². The molecule has 0 amide bonds. The van der Waals surface area contributed by atoms with E-state index in [2.05, 4.69) is 23.8 Å².